The largest absolute Gasteiger partial charge is 0.482 e. The summed E-state index contributed by atoms with van der Waals surface area (Å²) in [6, 6.07) is 12.3. The molecule has 0 bridgehead atoms. The average molecular weight is 366 g/mol. The van der Waals surface area contributed by atoms with E-state index in [1.54, 1.807) is 31.2 Å². The van der Waals surface area contributed by atoms with E-state index in [1.165, 1.54) is 6.07 Å². The molecule has 0 aromatic heterocycles. The zero-order valence-electron chi connectivity index (χ0n) is 14.6. The first-order valence-electron chi connectivity index (χ1n) is 8.19. The van der Waals surface area contributed by atoms with Crippen molar-refractivity contribution in [1.82, 2.24) is 0 Å². The van der Waals surface area contributed by atoms with Crippen LogP contribution >= 0.6 is 0 Å². The maximum Gasteiger partial charge on any atom is 0.422 e. The Morgan fingerprint density at radius 1 is 1.12 bits per heavy atom. The standard InChI is InChI=1S/C19H21F3N2O2/c1-3-14-5-7-15(8-6-14)24-18(25)11-23-16-9-4-13(2)10-17(16)26-12-19(20,21)22/h4-10,23H,3,11-12H2,1-2H3,(H,24,25). The van der Waals surface area contributed by atoms with Gasteiger partial charge in [0, 0.05) is 5.69 Å². The first kappa shape index (κ1) is 19.6. The molecule has 0 heterocycles. The molecule has 0 atom stereocenters. The van der Waals surface area contributed by atoms with Gasteiger partial charge in [-0.25, -0.2) is 0 Å². The Morgan fingerprint density at radius 2 is 1.81 bits per heavy atom. The van der Waals surface area contributed by atoms with Crippen molar-refractivity contribution in [2.24, 2.45) is 0 Å². The van der Waals surface area contributed by atoms with Crippen LogP contribution in [0.2, 0.25) is 0 Å². The van der Waals surface area contributed by atoms with Crippen LogP contribution in [0.5, 0.6) is 5.75 Å². The third-order valence-corrected chi connectivity index (χ3v) is 3.61. The van der Waals surface area contributed by atoms with Crippen molar-refractivity contribution in [1.29, 1.82) is 0 Å². The molecule has 26 heavy (non-hydrogen) atoms. The summed E-state index contributed by atoms with van der Waals surface area (Å²) in [6.07, 6.45) is -3.52. The lowest BCUT2D eigenvalue weighted by atomic mass is 10.1. The van der Waals surface area contributed by atoms with Crippen molar-refractivity contribution in [3.8, 4) is 5.75 Å². The van der Waals surface area contributed by atoms with Gasteiger partial charge in [0.25, 0.3) is 0 Å². The first-order valence-corrected chi connectivity index (χ1v) is 8.19. The maximum absolute atomic E-state index is 12.4. The molecule has 0 spiro atoms. The molecule has 0 radical (unpaired) electrons. The fourth-order valence-electron chi connectivity index (χ4n) is 2.26. The molecule has 7 heteroatoms. The van der Waals surface area contributed by atoms with E-state index < -0.39 is 12.8 Å². The highest BCUT2D eigenvalue weighted by Gasteiger charge is 2.28. The lowest BCUT2D eigenvalue weighted by Crippen LogP contribution is -2.23. The molecule has 0 saturated carbocycles. The molecule has 0 aliphatic heterocycles. The molecular weight excluding hydrogens is 345 g/mol. The highest BCUT2D eigenvalue weighted by molar-refractivity contribution is 5.93. The van der Waals surface area contributed by atoms with Gasteiger partial charge in [0.05, 0.1) is 12.2 Å². The van der Waals surface area contributed by atoms with E-state index in [1.807, 2.05) is 19.1 Å². The number of amides is 1. The summed E-state index contributed by atoms with van der Waals surface area (Å²) in [6.45, 7) is 2.30. The Hall–Kier alpha value is -2.70. The number of rotatable bonds is 7. The van der Waals surface area contributed by atoms with E-state index in [9.17, 15) is 18.0 Å². The molecule has 0 aliphatic carbocycles. The number of anilines is 2. The summed E-state index contributed by atoms with van der Waals surface area (Å²) in [5.41, 5.74) is 2.91. The van der Waals surface area contributed by atoms with Crippen molar-refractivity contribution in [2.75, 3.05) is 23.8 Å². The third kappa shape index (κ3) is 6.31. The van der Waals surface area contributed by atoms with Crippen LogP contribution in [0.15, 0.2) is 42.5 Å². The molecule has 4 nitrogen and oxygen atoms in total. The Kier molecular flexibility index (Phi) is 6.49. The molecule has 0 aliphatic rings. The second kappa shape index (κ2) is 8.60. The Bertz CT molecular complexity index is 743. The second-order valence-corrected chi connectivity index (χ2v) is 5.86. The predicted octanol–water partition coefficient (Wildman–Crippen LogP) is 4.55. The van der Waals surface area contributed by atoms with Gasteiger partial charge in [-0.1, -0.05) is 25.1 Å². The number of nitrogens with one attached hydrogen (secondary N) is 2. The van der Waals surface area contributed by atoms with Crippen LogP contribution < -0.4 is 15.4 Å². The van der Waals surface area contributed by atoms with E-state index in [4.69, 9.17) is 4.74 Å². The number of benzene rings is 2. The van der Waals surface area contributed by atoms with Gasteiger partial charge in [0.1, 0.15) is 5.75 Å². The van der Waals surface area contributed by atoms with E-state index in [0.717, 1.165) is 17.5 Å². The number of aryl methyl sites for hydroxylation is 2. The number of alkyl halides is 3. The van der Waals surface area contributed by atoms with Gasteiger partial charge in [-0.15, -0.1) is 0 Å². The molecule has 1 amide bonds. The van der Waals surface area contributed by atoms with Crippen LogP contribution in [0.4, 0.5) is 24.5 Å². The predicted molar refractivity (Wildman–Crippen MR) is 95.7 cm³/mol. The number of carbonyl (C=O) groups is 1. The van der Waals surface area contributed by atoms with Crippen molar-refractivity contribution in [3.05, 3.63) is 53.6 Å². The van der Waals surface area contributed by atoms with Crippen LogP contribution in [-0.4, -0.2) is 25.2 Å². The van der Waals surface area contributed by atoms with Crippen LogP contribution in [0.3, 0.4) is 0 Å². The van der Waals surface area contributed by atoms with Crippen LogP contribution in [0.25, 0.3) is 0 Å². The van der Waals surface area contributed by atoms with E-state index in [-0.39, 0.29) is 18.2 Å². The summed E-state index contributed by atoms with van der Waals surface area (Å²) >= 11 is 0. The molecule has 2 N–H and O–H groups in total. The summed E-state index contributed by atoms with van der Waals surface area (Å²) < 4.78 is 42.0. The zero-order chi connectivity index (χ0) is 19.2. The molecule has 2 aromatic rings. The Morgan fingerprint density at radius 3 is 2.42 bits per heavy atom. The SMILES string of the molecule is CCc1ccc(NC(=O)CNc2ccc(C)cc2OCC(F)(F)F)cc1. The minimum Gasteiger partial charge on any atom is -0.482 e. The number of carbonyl (C=O) groups excluding carboxylic acids is 1. The van der Waals surface area contributed by atoms with Gasteiger partial charge in [-0.05, 0) is 48.7 Å². The first-order chi connectivity index (χ1) is 12.3. The van der Waals surface area contributed by atoms with Crippen LogP contribution in [0, 0.1) is 6.92 Å². The molecule has 0 saturated heterocycles. The Balaban J connectivity index is 1.95. The fourth-order valence-corrected chi connectivity index (χ4v) is 2.26. The summed E-state index contributed by atoms with van der Waals surface area (Å²) in [7, 11) is 0. The van der Waals surface area contributed by atoms with Crippen molar-refractivity contribution in [3.63, 3.8) is 0 Å². The molecule has 140 valence electrons. The van der Waals surface area contributed by atoms with Crippen LogP contribution in [-0.2, 0) is 11.2 Å². The van der Waals surface area contributed by atoms with Crippen LogP contribution in [0.1, 0.15) is 18.1 Å². The summed E-state index contributed by atoms with van der Waals surface area (Å²) in [4.78, 5) is 12.0. The van der Waals surface area contributed by atoms with E-state index >= 15 is 0 Å². The lowest BCUT2D eigenvalue weighted by molar-refractivity contribution is -0.153. The summed E-state index contributed by atoms with van der Waals surface area (Å²) in [5, 5.41) is 5.54. The normalized spacial score (nSPS) is 11.1. The molecule has 0 unspecified atom stereocenters. The lowest BCUT2D eigenvalue weighted by Gasteiger charge is -2.15. The van der Waals surface area contributed by atoms with Gasteiger partial charge in [0.15, 0.2) is 6.61 Å². The van der Waals surface area contributed by atoms with Gasteiger partial charge >= 0.3 is 6.18 Å². The Labute approximate surface area is 150 Å². The van der Waals surface area contributed by atoms with Gasteiger partial charge in [0.2, 0.25) is 5.91 Å². The smallest absolute Gasteiger partial charge is 0.422 e. The molecule has 0 fully saturated rings. The highest BCUT2D eigenvalue weighted by atomic mass is 19.4. The number of ether oxygens (including phenoxy) is 1. The van der Waals surface area contributed by atoms with Crippen molar-refractivity contribution >= 4 is 17.3 Å². The molecule has 2 aromatic carbocycles. The van der Waals surface area contributed by atoms with Gasteiger partial charge in [-0.2, -0.15) is 13.2 Å². The second-order valence-electron chi connectivity index (χ2n) is 5.86. The monoisotopic (exact) mass is 366 g/mol. The van der Waals surface area contributed by atoms with Gasteiger partial charge < -0.3 is 15.4 Å². The quantitative estimate of drug-likeness (QED) is 0.756. The molecular formula is C19H21F3N2O2. The molecule has 2 rings (SSSR count). The fraction of sp³-hybridized carbons (Fsp3) is 0.316. The van der Waals surface area contributed by atoms with E-state index in [2.05, 4.69) is 10.6 Å². The number of halogens is 3. The maximum atomic E-state index is 12.4. The van der Waals surface area contributed by atoms with Gasteiger partial charge in [-0.3, -0.25) is 4.79 Å². The van der Waals surface area contributed by atoms with Crippen molar-refractivity contribution < 1.29 is 22.7 Å². The van der Waals surface area contributed by atoms with E-state index in [0.29, 0.717) is 11.4 Å². The topological polar surface area (TPSA) is 50.4 Å². The summed E-state index contributed by atoms with van der Waals surface area (Å²) in [5.74, 6) is -0.251. The number of hydrogen-bond donors (Lipinski definition) is 2. The minimum absolute atomic E-state index is 0.0578. The highest BCUT2D eigenvalue weighted by Crippen LogP contribution is 2.27. The zero-order valence-corrected chi connectivity index (χ0v) is 14.6. The average Bonchev–Trinajstić information content (AvgIpc) is 2.59. The number of hydrogen-bond acceptors (Lipinski definition) is 3. The van der Waals surface area contributed by atoms with Crippen molar-refractivity contribution in [2.45, 2.75) is 26.4 Å². The third-order valence-electron chi connectivity index (χ3n) is 3.61. The minimum atomic E-state index is -4.43.